The maximum Gasteiger partial charge on any atom is 0.214 e. The van der Waals surface area contributed by atoms with Crippen LogP contribution in [-0.4, -0.2) is 42.2 Å². The van der Waals surface area contributed by atoms with Crippen LogP contribution in [0.1, 0.15) is 40.5 Å². The molecule has 0 aromatic rings. The molecule has 20 heavy (non-hydrogen) atoms. The van der Waals surface area contributed by atoms with Crippen LogP contribution in [0.25, 0.3) is 0 Å². The lowest BCUT2D eigenvalue weighted by atomic mass is 9.70. The van der Waals surface area contributed by atoms with Gasteiger partial charge in [-0.1, -0.05) is 43.6 Å². The van der Waals surface area contributed by atoms with Crippen molar-refractivity contribution in [1.82, 2.24) is 4.31 Å². The van der Waals surface area contributed by atoms with Crippen LogP contribution in [-0.2, 0) is 14.8 Å². The monoisotopic (exact) mass is 365 g/mol. The highest BCUT2D eigenvalue weighted by Gasteiger charge is 2.68. The molecular weight excluding hydrogens is 342 g/mol. The summed E-state index contributed by atoms with van der Waals surface area (Å²) in [5.41, 5.74) is -0.967. The van der Waals surface area contributed by atoms with Gasteiger partial charge >= 0.3 is 0 Å². The lowest BCUT2D eigenvalue weighted by molar-refractivity contribution is -0.127. The predicted molar refractivity (Wildman–Crippen MR) is 83.4 cm³/mol. The van der Waals surface area contributed by atoms with Crippen molar-refractivity contribution in [3.8, 4) is 0 Å². The van der Waals surface area contributed by atoms with Crippen LogP contribution < -0.4 is 0 Å². The lowest BCUT2D eigenvalue weighted by Crippen LogP contribution is -2.45. The second-order valence-electron chi connectivity index (χ2n) is 6.50. The van der Waals surface area contributed by atoms with Crippen molar-refractivity contribution >= 4 is 31.7 Å². The molecule has 6 heteroatoms. The van der Waals surface area contributed by atoms with Crippen molar-refractivity contribution in [2.45, 2.75) is 45.4 Å². The maximum absolute atomic E-state index is 12.6. The topological polar surface area (TPSA) is 54.5 Å². The zero-order valence-electron chi connectivity index (χ0n) is 12.6. The summed E-state index contributed by atoms with van der Waals surface area (Å²) in [4.78, 5) is 12.3. The molecule has 0 aliphatic heterocycles. The number of hydrogen-bond acceptors (Lipinski definition) is 3. The molecule has 0 aromatic carbocycles. The molecule has 0 radical (unpaired) electrons. The van der Waals surface area contributed by atoms with E-state index in [-0.39, 0.29) is 22.3 Å². The highest BCUT2D eigenvalue weighted by atomic mass is 79.9. The third-order valence-corrected chi connectivity index (χ3v) is 9.08. The van der Waals surface area contributed by atoms with Crippen molar-refractivity contribution in [3.63, 3.8) is 0 Å². The zero-order valence-corrected chi connectivity index (χ0v) is 15.1. The second kappa shape index (κ2) is 5.06. The Morgan fingerprint density at radius 1 is 1.30 bits per heavy atom. The number of carbonyl (C=O) groups excluding carboxylic acids is 1. The maximum atomic E-state index is 12.6. The van der Waals surface area contributed by atoms with Crippen LogP contribution in [0.15, 0.2) is 0 Å². The van der Waals surface area contributed by atoms with Gasteiger partial charge in [-0.05, 0) is 24.2 Å². The Kier molecular flexibility index (Phi) is 4.15. The number of Topliss-reactive ketones (excluding diaryl/α,β-unsaturated/α-hetero) is 1. The Labute approximate surface area is 130 Å². The van der Waals surface area contributed by atoms with Gasteiger partial charge in [0.2, 0.25) is 10.0 Å². The van der Waals surface area contributed by atoms with Crippen molar-refractivity contribution in [2.75, 3.05) is 18.8 Å². The van der Waals surface area contributed by atoms with E-state index in [0.29, 0.717) is 13.1 Å². The number of nitrogens with zero attached hydrogens (tertiary/aromatic N) is 1. The summed E-state index contributed by atoms with van der Waals surface area (Å²) < 4.78 is 26.8. The Hall–Kier alpha value is 0.0600. The van der Waals surface area contributed by atoms with E-state index in [4.69, 9.17) is 0 Å². The number of fused-ring (bicyclic) bond motifs is 2. The first kappa shape index (κ1) is 16.4. The number of ketones is 1. The van der Waals surface area contributed by atoms with Crippen LogP contribution >= 0.6 is 15.9 Å². The summed E-state index contributed by atoms with van der Waals surface area (Å²) in [6.07, 6.45) is 1.74. The van der Waals surface area contributed by atoms with E-state index in [1.54, 1.807) is 0 Å². The minimum Gasteiger partial charge on any atom is -0.298 e. The summed E-state index contributed by atoms with van der Waals surface area (Å²) in [6, 6.07) is 0. The van der Waals surface area contributed by atoms with Crippen LogP contribution in [0.3, 0.4) is 0 Å². The largest absolute Gasteiger partial charge is 0.298 e. The molecule has 0 aromatic heterocycles. The minimum absolute atomic E-state index is 0.0800. The van der Waals surface area contributed by atoms with Crippen molar-refractivity contribution < 1.29 is 13.2 Å². The highest BCUT2D eigenvalue weighted by Crippen LogP contribution is 2.65. The molecular formula is C14H24BrNO3S. The fraction of sp³-hybridized carbons (Fsp3) is 0.929. The van der Waals surface area contributed by atoms with Gasteiger partial charge in [-0.15, -0.1) is 0 Å². The molecule has 2 aliphatic carbocycles. The highest BCUT2D eigenvalue weighted by molar-refractivity contribution is 9.10. The Morgan fingerprint density at radius 2 is 1.85 bits per heavy atom. The normalized spacial score (nSPS) is 40.8. The number of hydrogen-bond donors (Lipinski definition) is 0. The minimum atomic E-state index is -3.31. The Morgan fingerprint density at radius 3 is 2.25 bits per heavy atom. The molecule has 0 heterocycles. The summed E-state index contributed by atoms with van der Waals surface area (Å²) in [5, 5.41) is 0. The number of carbonyl (C=O) groups is 1. The quantitative estimate of drug-likeness (QED) is 0.703. The zero-order chi connectivity index (χ0) is 15.3. The van der Waals surface area contributed by atoms with Gasteiger partial charge in [-0.2, -0.15) is 0 Å². The van der Waals surface area contributed by atoms with Gasteiger partial charge in [0.25, 0.3) is 0 Å². The van der Waals surface area contributed by atoms with Crippen molar-refractivity contribution in [2.24, 2.45) is 16.7 Å². The Bertz CT molecular complexity index is 517. The molecule has 116 valence electrons. The smallest absolute Gasteiger partial charge is 0.214 e. The van der Waals surface area contributed by atoms with E-state index >= 15 is 0 Å². The molecule has 0 spiro atoms. The average molecular weight is 366 g/mol. The molecule has 4 atom stereocenters. The third kappa shape index (κ3) is 2.02. The van der Waals surface area contributed by atoms with Crippen LogP contribution in [0, 0.1) is 16.7 Å². The van der Waals surface area contributed by atoms with E-state index in [1.165, 1.54) is 4.31 Å². The van der Waals surface area contributed by atoms with Crippen LogP contribution in [0.4, 0.5) is 0 Å². The first-order valence-corrected chi connectivity index (χ1v) is 9.82. The van der Waals surface area contributed by atoms with Gasteiger partial charge in [0.15, 0.2) is 5.78 Å². The molecule has 2 aliphatic rings. The first-order chi connectivity index (χ1) is 9.14. The summed E-state index contributed by atoms with van der Waals surface area (Å²) >= 11 is 3.49. The van der Waals surface area contributed by atoms with Gasteiger partial charge in [0.05, 0.1) is 10.6 Å². The molecule has 0 saturated heterocycles. The van der Waals surface area contributed by atoms with Gasteiger partial charge in [0, 0.05) is 18.5 Å². The number of rotatable bonds is 5. The molecule has 2 rings (SSSR count). The van der Waals surface area contributed by atoms with Gasteiger partial charge in [-0.3, -0.25) is 4.79 Å². The molecule has 0 unspecified atom stereocenters. The van der Waals surface area contributed by atoms with Crippen LogP contribution in [0.5, 0.6) is 0 Å². The molecule has 0 amide bonds. The van der Waals surface area contributed by atoms with E-state index < -0.39 is 20.9 Å². The van der Waals surface area contributed by atoms with E-state index in [2.05, 4.69) is 15.9 Å². The van der Waals surface area contributed by atoms with Gasteiger partial charge in [-0.25, -0.2) is 12.7 Å². The lowest BCUT2D eigenvalue weighted by Gasteiger charge is -2.37. The van der Waals surface area contributed by atoms with Crippen molar-refractivity contribution in [1.29, 1.82) is 0 Å². The molecule has 0 N–H and O–H groups in total. The fourth-order valence-electron chi connectivity index (χ4n) is 4.17. The fourth-order valence-corrected chi connectivity index (χ4v) is 7.78. The first-order valence-electron chi connectivity index (χ1n) is 7.30. The molecule has 2 saturated carbocycles. The molecule has 4 nitrogen and oxygen atoms in total. The van der Waals surface area contributed by atoms with Gasteiger partial charge < -0.3 is 0 Å². The van der Waals surface area contributed by atoms with Gasteiger partial charge in [0.1, 0.15) is 0 Å². The number of sulfonamides is 1. The van der Waals surface area contributed by atoms with E-state index in [1.807, 2.05) is 27.7 Å². The third-order valence-electron chi connectivity index (χ3n) is 5.76. The average Bonchev–Trinajstić information content (AvgIpc) is 2.66. The predicted octanol–water partition coefficient (Wildman–Crippen LogP) is 2.43. The van der Waals surface area contributed by atoms with Crippen LogP contribution in [0.2, 0.25) is 0 Å². The Balaban J connectivity index is 2.36. The second-order valence-corrected chi connectivity index (χ2v) is 9.46. The van der Waals surface area contributed by atoms with E-state index in [0.717, 1.165) is 12.8 Å². The summed E-state index contributed by atoms with van der Waals surface area (Å²) in [7, 11) is -3.31. The number of alkyl halides is 1. The van der Waals surface area contributed by atoms with E-state index in [9.17, 15) is 13.2 Å². The summed E-state index contributed by atoms with van der Waals surface area (Å²) in [6.45, 7) is 8.63. The SMILES string of the molecule is CCN(CC)S(=O)(=O)C[C@@]1(C)[C@@H]2CC[C@@]1(C)C(=O)[C@H]2Br. The molecule has 2 bridgehead atoms. The standard InChI is InChI=1S/C14H24BrNO3S/c1-5-16(6-2)20(18,19)9-14(4)10-7-8-13(14,3)12(17)11(10)15/h10-11H,5-9H2,1-4H3/t10-,11+,13+,14+/m1/s1. The van der Waals surface area contributed by atoms with Crippen molar-refractivity contribution in [3.05, 3.63) is 0 Å². The number of halogens is 1. The summed E-state index contributed by atoms with van der Waals surface area (Å²) in [5.74, 6) is 0.396. The molecule has 2 fully saturated rings.